The lowest BCUT2D eigenvalue weighted by molar-refractivity contribution is -0.125. The Morgan fingerprint density at radius 2 is 2.00 bits per heavy atom. The zero-order valence-corrected chi connectivity index (χ0v) is 14.7. The molecule has 1 unspecified atom stereocenters. The van der Waals surface area contributed by atoms with E-state index < -0.39 is 0 Å². The van der Waals surface area contributed by atoms with Crippen molar-refractivity contribution in [1.29, 1.82) is 0 Å². The molecule has 6 atom stereocenters. The van der Waals surface area contributed by atoms with E-state index in [1.54, 1.807) is 5.57 Å². The summed E-state index contributed by atoms with van der Waals surface area (Å²) in [6.07, 6.45) is 13.7. The van der Waals surface area contributed by atoms with Crippen LogP contribution in [-0.4, -0.2) is 5.78 Å². The summed E-state index contributed by atoms with van der Waals surface area (Å²) in [7, 11) is 0. The Kier molecular flexibility index (Phi) is 3.37. The minimum Gasteiger partial charge on any atom is -0.300 e. The Bertz CT molecular complexity index is 518. The van der Waals surface area contributed by atoms with Crippen LogP contribution in [-0.2, 0) is 4.79 Å². The molecule has 0 N–H and O–H groups in total. The third-order valence-electron chi connectivity index (χ3n) is 8.53. The van der Waals surface area contributed by atoms with Crippen LogP contribution in [0.3, 0.4) is 0 Å². The molecule has 0 aliphatic heterocycles. The van der Waals surface area contributed by atoms with Crippen molar-refractivity contribution in [1.82, 2.24) is 0 Å². The molecule has 122 valence electrons. The van der Waals surface area contributed by atoms with Gasteiger partial charge in [-0.2, -0.15) is 0 Å². The Labute approximate surface area is 135 Å². The van der Waals surface area contributed by atoms with E-state index in [1.165, 1.54) is 38.5 Å². The highest BCUT2D eigenvalue weighted by molar-refractivity contribution is 5.80. The van der Waals surface area contributed by atoms with E-state index in [0.29, 0.717) is 22.5 Å². The number of carbonyl (C=O) groups excluding carboxylic acids is 1. The van der Waals surface area contributed by atoms with Crippen molar-refractivity contribution in [2.45, 2.75) is 78.6 Å². The maximum absolute atomic E-state index is 11.9. The first kappa shape index (κ1) is 15.0. The topological polar surface area (TPSA) is 17.1 Å². The van der Waals surface area contributed by atoms with Crippen molar-refractivity contribution in [2.24, 2.45) is 34.5 Å². The lowest BCUT2D eigenvalue weighted by Crippen LogP contribution is -2.47. The normalized spacial score (nSPS) is 50.9. The van der Waals surface area contributed by atoms with Gasteiger partial charge in [-0.15, -0.1) is 0 Å². The smallest absolute Gasteiger partial charge is 0.133 e. The number of allylic oxidation sites excluding steroid dienone is 2. The van der Waals surface area contributed by atoms with Crippen molar-refractivity contribution < 1.29 is 4.79 Å². The molecule has 0 aromatic heterocycles. The first-order chi connectivity index (χ1) is 10.5. The van der Waals surface area contributed by atoms with Crippen LogP contribution in [0.25, 0.3) is 0 Å². The molecular weight excluding hydrogens is 268 g/mol. The number of carbonyl (C=O) groups is 1. The molecule has 1 nitrogen and oxygen atoms in total. The summed E-state index contributed by atoms with van der Waals surface area (Å²) >= 11 is 0. The highest BCUT2D eigenvalue weighted by Crippen LogP contribution is 2.65. The second-order valence-electron chi connectivity index (χ2n) is 9.20. The summed E-state index contributed by atoms with van der Waals surface area (Å²) in [6.45, 7) is 7.48. The van der Waals surface area contributed by atoms with Gasteiger partial charge in [0.2, 0.25) is 0 Å². The van der Waals surface area contributed by atoms with Gasteiger partial charge >= 0.3 is 0 Å². The number of Topliss-reactive ketones (excluding diaryl/α,β-unsaturated/α-hetero) is 1. The molecule has 0 heterocycles. The van der Waals surface area contributed by atoms with E-state index in [1.807, 2.05) is 0 Å². The van der Waals surface area contributed by atoms with Gasteiger partial charge < -0.3 is 0 Å². The number of hydrogen-bond donors (Lipinski definition) is 0. The summed E-state index contributed by atoms with van der Waals surface area (Å²) < 4.78 is 0. The first-order valence-electron chi connectivity index (χ1n) is 9.71. The number of rotatable bonds is 1. The van der Waals surface area contributed by atoms with Gasteiger partial charge in [-0.25, -0.2) is 0 Å². The molecule has 4 aliphatic rings. The van der Waals surface area contributed by atoms with Gasteiger partial charge in [0.15, 0.2) is 0 Å². The molecule has 22 heavy (non-hydrogen) atoms. The monoisotopic (exact) mass is 300 g/mol. The van der Waals surface area contributed by atoms with Gasteiger partial charge in [0.25, 0.3) is 0 Å². The van der Waals surface area contributed by atoms with Crippen LogP contribution in [0.1, 0.15) is 78.6 Å². The maximum atomic E-state index is 11.9. The van der Waals surface area contributed by atoms with Crippen LogP contribution in [0.15, 0.2) is 11.6 Å². The van der Waals surface area contributed by atoms with Crippen molar-refractivity contribution in [3.8, 4) is 0 Å². The van der Waals surface area contributed by atoms with Crippen LogP contribution in [0, 0.1) is 34.5 Å². The lowest BCUT2D eigenvalue weighted by Gasteiger charge is -2.56. The van der Waals surface area contributed by atoms with Crippen LogP contribution in [0.5, 0.6) is 0 Å². The van der Waals surface area contributed by atoms with Gasteiger partial charge in [0, 0.05) is 12.8 Å². The molecule has 0 aromatic rings. The molecular formula is C21H32O. The Morgan fingerprint density at radius 3 is 2.77 bits per heavy atom. The predicted octanol–water partition coefficient (Wildman–Crippen LogP) is 5.54. The van der Waals surface area contributed by atoms with Crippen LogP contribution in [0.2, 0.25) is 0 Å². The van der Waals surface area contributed by atoms with Gasteiger partial charge in [-0.1, -0.05) is 38.8 Å². The molecule has 0 bridgehead atoms. The van der Waals surface area contributed by atoms with Crippen LogP contribution >= 0.6 is 0 Å². The average molecular weight is 300 g/mol. The van der Waals surface area contributed by atoms with E-state index in [4.69, 9.17) is 0 Å². The van der Waals surface area contributed by atoms with Gasteiger partial charge in [0.1, 0.15) is 5.78 Å². The molecule has 0 radical (unpaired) electrons. The first-order valence-corrected chi connectivity index (χ1v) is 9.71. The predicted molar refractivity (Wildman–Crippen MR) is 90.5 cm³/mol. The van der Waals surface area contributed by atoms with E-state index >= 15 is 0 Å². The fourth-order valence-electron chi connectivity index (χ4n) is 7.09. The fourth-order valence-corrected chi connectivity index (χ4v) is 7.09. The summed E-state index contributed by atoms with van der Waals surface area (Å²) in [6, 6.07) is 0. The summed E-state index contributed by atoms with van der Waals surface area (Å²) in [4.78, 5) is 11.9. The third-order valence-corrected chi connectivity index (χ3v) is 8.53. The highest BCUT2D eigenvalue weighted by Gasteiger charge is 2.56. The Morgan fingerprint density at radius 1 is 1.18 bits per heavy atom. The van der Waals surface area contributed by atoms with Crippen molar-refractivity contribution >= 4 is 5.78 Å². The molecule has 0 saturated heterocycles. The molecule has 0 amide bonds. The third kappa shape index (κ3) is 1.86. The van der Waals surface area contributed by atoms with Gasteiger partial charge in [-0.05, 0) is 73.0 Å². The molecule has 4 rings (SSSR count). The molecule has 4 aliphatic carbocycles. The number of fused-ring (bicyclic) bond motifs is 5. The van der Waals surface area contributed by atoms with Crippen molar-refractivity contribution in [3.63, 3.8) is 0 Å². The average Bonchev–Trinajstić information content (AvgIpc) is 2.84. The summed E-state index contributed by atoms with van der Waals surface area (Å²) in [5, 5.41) is 0. The molecule has 3 saturated carbocycles. The van der Waals surface area contributed by atoms with Gasteiger partial charge in [0.05, 0.1) is 0 Å². The van der Waals surface area contributed by atoms with E-state index in [0.717, 1.165) is 37.0 Å². The molecule has 0 aromatic carbocycles. The standard InChI is InChI=1S/C21H32O/c1-4-14-6-8-18-17-7-5-15-13-16(22)9-11-21(15,3)19(17)10-12-20(14,18)2/h10,14-15,17-18H,4-9,11-13H2,1-3H3/t14-,15?,17-,18-,20+,21-/m0/s1. The Balaban J connectivity index is 1.69. The van der Waals surface area contributed by atoms with Gasteiger partial charge in [-0.3, -0.25) is 4.79 Å². The largest absolute Gasteiger partial charge is 0.300 e. The minimum atomic E-state index is 0.350. The van der Waals surface area contributed by atoms with Crippen molar-refractivity contribution in [3.05, 3.63) is 11.6 Å². The van der Waals surface area contributed by atoms with Crippen molar-refractivity contribution in [2.75, 3.05) is 0 Å². The fraction of sp³-hybridized carbons (Fsp3) is 0.857. The molecule has 0 spiro atoms. The molecule has 1 heteroatoms. The number of hydrogen-bond acceptors (Lipinski definition) is 1. The zero-order valence-electron chi connectivity index (χ0n) is 14.7. The van der Waals surface area contributed by atoms with E-state index in [2.05, 4.69) is 26.8 Å². The Hall–Kier alpha value is -0.590. The quantitative estimate of drug-likeness (QED) is 0.581. The summed E-state index contributed by atoms with van der Waals surface area (Å²) in [5.74, 6) is 3.87. The maximum Gasteiger partial charge on any atom is 0.133 e. The SMILES string of the molecule is CC[C@H]1CC[C@H]2[C@@H]3CCC4CC(=O)CC[C@]4(C)C3=CC[C@]12C. The lowest BCUT2D eigenvalue weighted by atomic mass is 9.49. The minimum absolute atomic E-state index is 0.350. The summed E-state index contributed by atoms with van der Waals surface area (Å²) in [5.41, 5.74) is 2.70. The second kappa shape index (κ2) is 4.95. The van der Waals surface area contributed by atoms with E-state index in [-0.39, 0.29) is 0 Å². The highest BCUT2D eigenvalue weighted by atomic mass is 16.1. The zero-order chi connectivity index (χ0) is 15.5. The number of ketones is 1. The molecule has 3 fully saturated rings. The van der Waals surface area contributed by atoms with Crippen LogP contribution < -0.4 is 0 Å². The second-order valence-corrected chi connectivity index (χ2v) is 9.20. The van der Waals surface area contributed by atoms with Crippen LogP contribution in [0.4, 0.5) is 0 Å². The van der Waals surface area contributed by atoms with E-state index in [9.17, 15) is 4.79 Å².